The molecular formula is C51H95N3O6. The molecule has 0 saturated carbocycles. The molecule has 0 aliphatic rings. The van der Waals surface area contributed by atoms with Crippen molar-refractivity contribution in [3.05, 3.63) is 0 Å². The highest BCUT2D eigenvalue weighted by Crippen LogP contribution is 2.20. The maximum absolute atomic E-state index is 13.9. The summed E-state index contributed by atoms with van der Waals surface area (Å²) in [6.45, 7) is 17.0. The summed E-state index contributed by atoms with van der Waals surface area (Å²) in [5, 5.41) is 3.18. The number of rotatable bonds is 42. The molecule has 2 unspecified atom stereocenters. The standard InChI is InChI=1S/C51H95N3O6/c1-7-13-17-20-24-28-33-44-59-49(56)39-34-42-54(48(55)40-43-53(11-5)12-6)47(51(58)52-41-32-27-21-18-14-8-2)37-30-25-22-23-26-31-38-50(57)60-45-46(35-16-10-4)36-29-19-15-9-3/h46-47H,7-27,29-32,34-45H2,1-6H3,(H,52,58). The Labute approximate surface area is 370 Å². The fourth-order valence-electron chi connectivity index (χ4n) is 7.68. The number of carbonyl (C=O) groups excluding carboxylic acids is 4. The second-order valence-electron chi connectivity index (χ2n) is 17.1. The maximum atomic E-state index is 13.9. The van der Waals surface area contributed by atoms with E-state index in [9.17, 15) is 19.2 Å². The van der Waals surface area contributed by atoms with Gasteiger partial charge in [-0.05, 0) is 64.0 Å². The summed E-state index contributed by atoms with van der Waals surface area (Å²) in [5.74, 6) is 6.02. The lowest BCUT2D eigenvalue weighted by Crippen LogP contribution is -2.50. The van der Waals surface area contributed by atoms with Gasteiger partial charge in [0, 0.05) is 45.3 Å². The van der Waals surface area contributed by atoms with Crippen LogP contribution in [0.2, 0.25) is 0 Å². The Balaban J connectivity index is 5.29. The zero-order valence-electron chi connectivity index (χ0n) is 40.2. The first-order valence-electron chi connectivity index (χ1n) is 25.3. The van der Waals surface area contributed by atoms with Gasteiger partial charge in [-0.25, -0.2) is 0 Å². The van der Waals surface area contributed by atoms with Crippen molar-refractivity contribution >= 4 is 23.8 Å². The van der Waals surface area contributed by atoms with E-state index in [1.165, 1.54) is 83.5 Å². The molecule has 2 amide bonds. The minimum Gasteiger partial charge on any atom is -0.465 e. The molecule has 350 valence electrons. The molecule has 0 aromatic rings. The molecule has 9 nitrogen and oxygen atoms in total. The number of carbonyl (C=O) groups is 4. The molecule has 0 aliphatic heterocycles. The quantitative estimate of drug-likeness (QED) is 0.0370. The number of ether oxygens (including phenoxy) is 2. The van der Waals surface area contributed by atoms with Crippen LogP contribution in [0, 0.1) is 17.8 Å². The Bertz CT molecular complexity index is 1100. The van der Waals surface area contributed by atoms with Gasteiger partial charge in [0.05, 0.1) is 6.61 Å². The second-order valence-corrected chi connectivity index (χ2v) is 17.1. The minimum absolute atomic E-state index is 0.0380. The van der Waals surface area contributed by atoms with Gasteiger partial charge in [0.2, 0.25) is 11.8 Å². The lowest BCUT2D eigenvalue weighted by molar-refractivity contribution is -0.145. The number of nitrogens with one attached hydrogen (secondary N) is 1. The summed E-state index contributed by atoms with van der Waals surface area (Å²) in [6, 6.07) is -0.577. The molecule has 0 bridgehead atoms. The summed E-state index contributed by atoms with van der Waals surface area (Å²) >= 11 is 0. The van der Waals surface area contributed by atoms with E-state index in [0.717, 1.165) is 90.1 Å². The van der Waals surface area contributed by atoms with Crippen LogP contribution in [-0.4, -0.2) is 85.5 Å². The maximum Gasteiger partial charge on any atom is 0.306 e. The van der Waals surface area contributed by atoms with Crippen LogP contribution in [0.25, 0.3) is 0 Å². The van der Waals surface area contributed by atoms with Crippen molar-refractivity contribution in [1.82, 2.24) is 15.1 Å². The fourth-order valence-corrected chi connectivity index (χ4v) is 7.68. The molecule has 0 aromatic carbocycles. The molecule has 0 rings (SSSR count). The summed E-state index contributed by atoms with van der Waals surface area (Å²) in [7, 11) is 0. The Morgan fingerprint density at radius 3 is 1.72 bits per heavy atom. The molecule has 0 fully saturated rings. The van der Waals surface area contributed by atoms with Gasteiger partial charge in [-0.3, -0.25) is 19.2 Å². The molecule has 9 heteroatoms. The summed E-state index contributed by atoms with van der Waals surface area (Å²) in [4.78, 5) is 57.0. The molecule has 60 heavy (non-hydrogen) atoms. The topological polar surface area (TPSA) is 105 Å². The Morgan fingerprint density at radius 1 is 0.517 bits per heavy atom. The van der Waals surface area contributed by atoms with E-state index in [-0.39, 0.29) is 36.8 Å². The molecule has 2 atom stereocenters. The fraction of sp³-hybridized carbons (Fsp3) is 0.882. The highest BCUT2D eigenvalue weighted by molar-refractivity contribution is 5.87. The van der Waals surface area contributed by atoms with Crippen LogP contribution in [0.3, 0.4) is 0 Å². The lowest BCUT2D eigenvalue weighted by atomic mass is 9.96. The first-order chi connectivity index (χ1) is 29.3. The van der Waals surface area contributed by atoms with Crippen molar-refractivity contribution in [2.45, 2.75) is 240 Å². The Kier molecular flexibility index (Phi) is 41.2. The summed E-state index contributed by atoms with van der Waals surface area (Å²) in [5.41, 5.74) is 0. The second kappa shape index (κ2) is 43.1. The number of amides is 2. The zero-order valence-corrected chi connectivity index (χ0v) is 40.2. The van der Waals surface area contributed by atoms with Gasteiger partial charge >= 0.3 is 11.9 Å². The Morgan fingerprint density at radius 2 is 1.05 bits per heavy atom. The van der Waals surface area contributed by atoms with Gasteiger partial charge in [0.1, 0.15) is 6.04 Å². The third-order valence-corrected chi connectivity index (χ3v) is 11.8. The van der Waals surface area contributed by atoms with Crippen LogP contribution in [0.5, 0.6) is 0 Å². The highest BCUT2D eigenvalue weighted by Gasteiger charge is 2.29. The zero-order chi connectivity index (χ0) is 44.3. The number of hydrogen-bond acceptors (Lipinski definition) is 7. The minimum atomic E-state index is -0.577. The van der Waals surface area contributed by atoms with E-state index in [1.807, 2.05) is 0 Å². The molecular weight excluding hydrogens is 751 g/mol. The largest absolute Gasteiger partial charge is 0.465 e. The monoisotopic (exact) mass is 846 g/mol. The van der Waals surface area contributed by atoms with Gasteiger partial charge < -0.3 is 24.6 Å². The summed E-state index contributed by atoms with van der Waals surface area (Å²) in [6.07, 6.45) is 29.6. The van der Waals surface area contributed by atoms with E-state index < -0.39 is 6.04 Å². The summed E-state index contributed by atoms with van der Waals surface area (Å²) < 4.78 is 11.1. The molecule has 0 saturated heterocycles. The van der Waals surface area contributed by atoms with Crippen LogP contribution in [-0.2, 0) is 28.7 Å². The molecule has 0 radical (unpaired) electrons. The van der Waals surface area contributed by atoms with Gasteiger partial charge in [0.15, 0.2) is 6.61 Å². The Hall–Kier alpha value is -2.60. The molecule has 0 aromatic heterocycles. The molecule has 0 spiro atoms. The van der Waals surface area contributed by atoms with Crippen molar-refractivity contribution in [3.63, 3.8) is 0 Å². The predicted octanol–water partition coefficient (Wildman–Crippen LogP) is 12.1. The highest BCUT2D eigenvalue weighted by atomic mass is 16.5. The number of esters is 2. The predicted molar refractivity (Wildman–Crippen MR) is 251 cm³/mol. The van der Waals surface area contributed by atoms with Crippen molar-refractivity contribution in [2.75, 3.05) is 45.9 Å². The van der Waals surface area contributed by atoms with Crippen LogP contribution in [0.15, 0.2) is 0 Å². The van der Waals surface area contributed by atoms with Crippen molar-refractivity contribution < 1.29 is 28.7 Å². The number of nitrogens with zero attached hydrogens (tertiary/aromatic N) is 2. The first-order valence-corrected chi connectivity index (χ1v) is 25.3. The van der Waals surface area contributed by atoms with Crippen molar-refractivity contribution in [2.24, 2.45) is 5.92 Å². The smallest absolute Gasteiger partial charge is 0.306 e. The van der Waals surface area contributed by atoms with Crippen molar-refractivity contribution in [3.8, 4) is 11.8 Å². The number of hydrogen-bond donors (Lipinski definition) is 1. The average Bonchev–Trinajstić information content (AvgIpc) is 3.25. The molecule has 1 N–H and O–H groups in total. The van der Waals surface area contributed by atoms with Crippen LogP contribution >= 0.6 is 0 Å². The van der Waals surface area contributed by atoms with Crippen LogP contribution < -0.4 is 5.32 Å². The lowest BCUT2D eigenvalue weighted by Gasteiger charge is -2.32. The molecule has 0 aliphatic carbocycles. The van der Waals surface area contributed by atoms with E-state index in [1.54, 1.807) is 4.90 Å². The van der Waals surface area contributed by atoms with Gasteiger partial charge in [0.25, 0.3) is 0 Å². The van der Waals surface area contributed by atoms with Gasteiger partial charge in [-0.15, -0.1) is 0 Å². The van der Waals surface area contributed by atoms with E-state index in [2.05, 4.69) is 63.6 Å². The van der Waals surface area contributed by atoms with Crippen LogP contribution in [0.1, 0.15) is 234 Å². The average molecular weight is 846 g/mol. The normalized spacial score (nSPS) is 12.1. The van der Waals surface area contributed by atoms with Gasteiger partial charge in [-0.2, -0.15) is 0 Å². The first kappa shape index (κ1) is 57.4. The third-order valence-electron chi connectivity index (χ3n) is 11.8. The van der Waals surface area contributed by atoms with E-state index >= 15 is 0 Å². The number of unbranched alkanes of at least 4 members (excludes halogenated alkanes) is 18. The van der Waals surface area contributed by atoms with E-state index in [4.69, 9.17) is 9.47 Å². The molecule has 0 heterocycles. The SMILES string of the molecule is CCCCCCC#CCOC(=O)CCCN(C(=O)CCN(CC)CC)C(CCCCCCCCC(=O)OCC(CCCC)CCCCCC)C(=O)NCCCCCCCC. The van der Waals surface area contributed by atoms with E-state index in [0.29, 0.717) is 57.8 Å². The van der Waals surface area contributed by atoms with Gasteiger partial charge in [-0.1, -0.05) is 175 Å². The third kappa shape index (κ3) is 34.0. The van der Waals surface area contributed by atoms with Crippen molar-refractivity contribution in [1.29, 1.82) is 0 Å². The van der Waals surface area contributed by atoms with Crippen LogP contribution in [0.4, 0.5) is 0 Å².